The molecule has 0 aliphatic carbocycles. The number of carbonyl (C=O) groups excluding carboxylic acids is 1. The fourth-order valence-electron chi connectivity index (χ4n) is 5.15. The molecule has 3 aromatic rings. The molecule has 41 heavy (non-hydrogen) atoms. The topological polar surface area (TPSA) is 110 Å². The fourth-order valence-corrected chi connectivity index (χ4v) is 5.62. The first-order valence-corrected chi connectivity index (χ1v) is 13.2. The van der Waals surface area contributed by atoms with E-state index in [1.54, 1.807) is 0 Å². The average molecular weight is 618 g/mol. The number of methoxy groups -OCH3 is 1. The summed E-state index contributed by atoms with van der Waals surface area (Å²) in [6.45, 7) is -0.973. The Morgan fingerprint density at radius 1 is 1.27 bits per heavy atom. The van der Waals surface area contributed by atoms with Gasteiger partial charge in [-0.15, -0.1) is 0 Å². The van der Waals surface area contributed by atoms with Crippen molar-refractivity contribution in [2.75, 3.05) is 20.2 Å². The number of carboxylic acid groups (broad SMARTS) is 1. The molecule has 1 fully saturated rings. The number of piperidine rings is 1. The number of hydrogen-bond acceptors (Lipinski definition) is 5. The molecule has 0 spiro atoms. The van der Waals surface area contributed by atoms with Gasteiger partial charge in [0, 0.05) is 28.4 Å². The third-order valence-electron chi connectivity index (χ3n) is 6.94. The lowest BCUT2D eigenvalue weighted by molar-refractivity contribution is -0.141. The van der Waals surface area contributed by atoms with Crippen molar-refractivity contribution in [2.45, 2.75) is 38.0 Å². The van der Waals surface area contributed by atoms with Crippen molar-refractivity contribution in [1.29, 1.82) is 0 Å². The van der Waals surface area contributed by atoms with Gasteiger partial charge >= 0.3 is 12.1 Å². The zero-order valence-corrected chi connectivity index (χ0v) is 23.1. The van der Waals surface area contributed by atoms with E-state index >= 15 is 4.39 Å². The first kappa shape index (κ1) is 30.6. The van der Waals surface area contributed by atoms with Gasteiger partial charge < -0.3 is 25.0 Å². The van der Waals surface area contributed by atoms with Crippen molar-refractivity contribution >= 4 is 46.0 Å². The highest BCUT2D eigenvalue weighted by molar-refractivity contribution is 6.35. The van der Waals surface area contributed by atoms with Crippen LogP contribution in [0.15, 0.2) is 35.3 Å². The van der Waals surface area contributed by atoms with Gasteiger partial charge in [0.05, 0.1) is 23.9 Å². The third-order valence-corrected chi connectivity index (χ3v) is 7.53. The van der Waals surface area contributed by atoms with Crippen LogP contribution < -0.4 is 20.8 Å². The summed E-state index contributed by atoms with van der Waals surface area (Å²) in [6, 6.07) is 5.14. The molecule has 1 aromatic heterocycles. The van der Waals surface area contributed by atoms with Crippen molar-refractivity contribution in [3.63, 3.8) is 0 Å². The van der Waals surface area contributed by atoms with Crippen LogP contribution in [-0.4, -0.2) is 47.9 Å². The summed E-state index contributed by atoms with van der Waals surface area (Å²) in [5.41, 5.74) is -2.26. The zero-order valence-electron chi connectivity index (χ0n) is 21.6. The van der Waals surface area contributed by atoms with E-state index in [2.05, 4.69) is 10.6 Å². The number of aliphatic carboxylic acids is 1. The minimum Gasteiger partial charge on any atom is -0.494 e. The summed E-state index contributed by atoms with van der Waals surface area (Å²) < 4.78 is 62.7. The molecule has 14 heteroatoms. The van der Waals surface area contributed by atoms with E-state index in [4.69, 9.17) is 27.9 Å². The maximum absolute atomic E-state index is 15.7. The number of carbonyl (C=O) groups is 2. The number of nitrogens with one attached hydrogen (secondary N) is 2. The monoisotopic (exact) mass is 617 g/mol. The molecule has 2 heterocycles. The van der Waals surface area contributed by atoms with Crippen LogP contribution in [0.5, 0.6) is 5.75 Å². The van der Waals surface area contributed by atoms with Crippen LogP contribution in [0.3, 0.4) is 0 Å². The van der Waals surface area contributed by atoms with Crippen molar-refractivity contribution in [3.05, 3.63) is 73.2 Å². The molecule has 2 unspecified atom stereocenters. The van der Waals surface area contributed by atoms with E-state index in [9.17, 15) is 32.7 Å². The normalized spacial score (nSPS) is 16.4. The summed E-state index contributed by atoms with van der Waals surface area (Å²) in [6.07, 6.45) is -3.08. The number of halogens is 6. The van der Waals surface area contributed by atoms with Gasteiger partial charge in [-0.1, -0.05) is 29.3 Å². The quantitative estimate of drug-likeness (QED) is 0.303. The molecular weight excluding hydrogens is 593 g/mol. The first-order valence-electron chi connectivity index (χ1n) is 12.5. The minimum absolute atomic E-state index is 0.183. The number of alkyl halides is 3. The summed E-state index contributed by atoms with van der Waals surface area (Å²) in [4.78, 5) is 38.7. The predicted octanol–water partition coefficient (Wildman–Crippen LogP) is 5.12. The Morgan fingerprint density at radius 2 is 2.00 bits per heavy atom. The fraction of sp³-hybridized carbons (Fsp3) is 0.370. The van der Waals surface area contributed by atoms with E-state index in [1.165, 1.54) is 18.2 Å². The second kappa shape index (κ2) is 12.3. The van der Waals surface area contributed by atoms with Gasteiger partial charge in [-0.25, -0.2) is 4.39 Å². The van der Waals surface area contributed by atoms with Gasteiger partial charge in [0.1, 0.15) is 23.7 Å². The molecule has 0 bridgehead atoms. The van der Waals surface area contributed by atoms with Crippen LogP contribution in [0, 0.1) is 11.7 Å². The molecule has 1 amide bonds. The maximum atomic E-state index is 15.7. The summed E-state index contributed by atoms with van der Waals surface area (Å²) in [5, 5.41) is 15.5. The lowest BCUT2D eigenvalue weighted by Crippen LogP contribution is -2.36. The molecule has 1 saturated heterocycles. The number of benzene rings is 2. The van der Waals surface area contributed by atoms with Crippen LogP contribution in [0.4, 0.5) is 17.6 Å². The molecule has 2 atom stereocenters. The summed E-state index contributed by atoms with van der Waals surface area (Å²) in [7, 11) is 1.05. The van der Waals surface area contributed by atoms with Crippen LogP contribution in [0.2, 0.25) is 10.0 Å². The number of ether oxygens (including phenoxy) is 1. The van der Waals surface area contributed by atoms with Crippen LogP contribution in [-0.2, 0) is 17.9 Å². The molecule has 3 N–H and O–H groups in total. The van der Waals surface area contributed by atoms with Crippen LogP contribution in [0.1, 0.15) is 40.2 Å². The molecule has 1 aliphatic heterocycles. The Hall–Kier alpha value is -3.35. The van der Waals surface area contributed by atoms with Gasteiger partial charge in [0.2, 0.25) is 5.43 Å². The predicted molar refractivity (Wildman–Crippen MR) is 144 cm³/mol. The summed E-state index contributed by atoms with van der Waals surface area (Å²) in [5.74, 6) is -6.14. The van der Waals surface area contributed by atoms with Crippen molar-refractivity contribution < 1.29 is 37.0 Å². The number of hydrogen-bond donors (Lipinski definition) is 3. The Bertz CT molecular complexity index is 1550. The second-order valence-corrected chi connectivity index (χ2v) is 10.5. The lowest BCUT2D eigenvalue weighted by atomic mass is 9.80. The number of aromatic nitrogens is 1. The first-order chi connectivity index (χ1) is 19.3. The molecule has 0 saturated carbocycles. The highest BCUT2D eigenvalue weighted by Crippen LogP contribution is 2.41. The number of fused-ring (bicyclic) bond motifs is 1. The Kier molecular flexibility index (Phi) is 9.15. The van der Waals surface area contributed by atoms with E-state index in [1.807, 2.05) is 0 Å². The smallest absolute Gasteiger partial charge is 0.406 e. The van der Waals surface area contributed by atoms with Gasteiger partial charge in [0.25, 0.3) is 5.91 Å². The number of carboxylic acids is 1. The van der Waals surface area contributed by atoms with Crippen molar-refractivity contribution in [1.82, 2.24) is 15.2 Å². The number of nitrogens with zero attached hydrogens (tertiary/aromatic N) is 1. The van der Waals surface area contributed by atoms with Gasteiger partial charge in [-0.05, 0) is 55.6 Å². The van der Waals surface area contributed by atoms with Gasteiger partial charge in [-0.2, -0.15) is 13.2 Å². The van der Waals surface area contributed by atoms with Crippen molar-refractivity contribution in [3.8, 4) is 5.75 Å². The van der Waals surface area contributed by atoms with Crippen molar-refractivity contribution in [2.24, 2.45) is 5.92 Å². The van der Waals surface area contributed by atoms with E-state index in [-0.39, 0.29) is 18.1 Å². The largest absolute Gasteiger partial charge is 0.494 e. The highest BCUT2D eigenvalue weighted by atomic mass is 35.5. The highest BCUT2D eigenvalue weighted by Gasteiger charge is 2.38. The van der Waals surface area contributed by atoms with E-state index < -0.39 is 75.5 Å². The average Bonchev–Trinajstić information content (AvgIpc) is 2.90. The standard InChI is InChI=1S/C27H25Cl2F4N3O5/c1-41-24-21(20(26(39)40)14-3-2-6-34-9-14)19(30)8-16-22(24)36(12-27(31,32)33)11-17(23(16)37)25(38)35-10-13-4-5-15(28)7-18(13)29/h4-5,7-8,11,14,20,34H,2-3,6,9-10,12H2,1H3,(H,35,38)(H,39,40). The molecule has 8 nitrogen and oxygen atoms in total. The Morgan fingerprint density at radius 3 is 2.59 bits per heavy atom. The third kappa shape index (κ3) is 6.60. The molecule has 2 aromatic carbocycles. The molecule has 0 radical (unpaired) electrons. The maximum Gasteiger partial charge on any atom is 0.406 e. The Balaban J connectivity index is 1.88. The molecule has 4 rings (SSSR count). The van der Waals surface area contributed by atoms with E-state index in [0.717, 1.165) is 7.11 Å². The Labute approximate surface area is 241 Å². The zero-order chi connectivity index (χ0) is 30.1. The van der Waals surface area contributed by atoms with E-state index in [0.29, 0.717) is 46.8 Å². The SMILES string of the molecule is COc1c(C(C(=O)O)C2CCCNC2)c(F)cc2c(=O)c(C(=O)NCc3ccc(Cl)cc3Cl)cn(CC(F)(F)F)c12. The lowest BCUT2D eigenvalue weighted by Gasteiger charge is -2.30. The summed E-state index contributed by atoms with van der Waals surface area (Å²) >= 11 is 12.0. The second-order valence-electron chi connectivity index (χ2n) is 9.66. The van der Waals surface area contributed by atoms with Crippen LogP contribution in [0.25, 0.3) is 10.9 Å². The molecule has 220 valence electrons. The number of amides is 1. The number of rotatable bonds is 8. The molecule has 1 aliphatic rings. The van der Waals surface area contributed by atoms with Gasteiger partial charge in [-0.3, -0.25) is 14.4 Å². The van der Waals surface area contributed by atoms with Gasteiger partial charge in [0.15, 0.2) is 0 Å². The number of pyridine rings is 1. The van der Waals surface area contributed by atoms with Crippen LogP contribution >= 0.6 is 23.2 Å². The minimum atomic E-state index is -4.83. The molecular formula is C27H25Cl2F4N3O5.